The van der Waals surface area contributed by atoms with Gasteiger partial charge in [-0.1, -0.05) is 37.1 Å². The highest BCUT2D eigenvalue weighted by atomic mass is 79.9. The van der Waals surface area contributed by atoms with Gasteiger partial charge in [0.2, 0.25) is 0 Å². The first-order valence-corrected chi connectivity index (χ1v) is 11.2. The van der Waals surface area contributed by atoms with Crippen LogP contribution in [0.25, 0.3) is 0 Å². The zero-order chi connectivity index (χ0) is 6.69. The predicted octanol–water partition coefficient (Wildman–Crippen LogP) is 2.29. The summed E-state index contributed by atoms with van der Waals surface area (Å²) in [6.07, 6.45) is 1.56. The third-order valence-electron chi connectivity index (χ3n) is 2.30. The molecule has 0 spiro atoms. The van der Waals surface area contributed by atoms with Gasteiger partial charge in [-0.25, -0.2) is 0 Å². The molecule has 2 unspecified atom stereocenters. The lowest BCUT2D eigenvalue weighted by molar-refractivity contribution is 1.01. The van der Waals surface area contributed by atoms with E-state index < -0.39 is 0 Å². The molecule has 9 heavy (non-hydrogen) atoms. The van der Waals surface area contributed by atoms with Crippen LogP contribution in [0.3, 0.4) is 0 Å². The van der Waals surface area contributed by atoms with Crippen LogP contribution in [0.1, 0.15) is 13.3 Å². The smallest absolute Gasteiger partial charge is 0.111 e. The molecule has 3 heteroatoms. The first-order chi connectivity index (χ1) is 4.33. The normalized spacial score (nSPS) is 36.7. The Morgan fingerprint density at radius 3 is 2.67 bits per heavy atom. The Morgan fingerprint density at radius 1 is 1.44 bits per heavy atom. The summed E-state index contributed by atoms with van der Waals surface area (Å²) in [5.74, 6) is 0. The van der Waals surface area contributed by atoms with Gasteiger partial charge < -0.3 is 0 Å². The molecule has 0 bridgehead atoms. The van der Waals surface area contributed by atoms with Crippen LogP contribution < -0.4 is 0 Å². The van der Waals surface area contributed by atoms with Crippen LogP contribution in [0.5, 0.6) is 0 Å². The van der Waals surface area contributed by atoms with E-state index in [1.807, 2.05) is 0 Å². The minimum Gasteiger partial charge on any atom is -0.131 e. The van der Waals surface area contributed by atoms with Gasteiger partial charge >= 0.3 is 0 Å². The molecule has 1 heterocycles. The molecule has 1 fully saturated rings. The number of hydrogen-bond acceptors (Lipinski definition) is 0. The van der Waals surface area contributed by atoms with Crippen LogP contribution in [0, 0.1) is 0 Å². The molecule has 1 rings (SSSR count). The van der Waals surface area contributed by atoms with Crippen molar-refractivity contribution in [1.29, 1.82) is 0 Å². The summed E-state index contributed by atoms with van der Waals surface area (Å²) in [6, 6.07) is 4.77. The molecular weight excluding hydrogens is 208 g/mol. The topological polar surface area (TPSA) is 0 Å². The number of halogens is 1. The van der Waals surface area contributed by atoms with E-state index >= 15 is 0 Å². The maximum Gasteiger partial charge on any atom is 0.111 e. The van der Waals surface area contributed by atoms with E-state index in [4.69, 9.17) is 0 Å². The zero-order valence-corrected chi connectivity index (χ0v) is 9.96. The average Bonchev–Trinajstić information content (AvgIpc) is 1.88. The molecule has 0 aromatic heterocycles. The van der Waals surface area contributed by atoms with Gasteiger partial charge in [0.1, 0.15) is 7.42 Å². The number of hydrogen-bond donors (Lipinski definition) is 0. The predicted molar refractivity (Wildman–Crippen MR) is 52.7 cm³/mol. The van der Waals surface area contributed by atoms with Crippen molar-refractivity contribution in [2.45, 2.75) is 37.1 Å². The van der Waals surface area contributed by atoms with E-state index in [0.29, 0.717) is 0 Å². The van der Waals surface area contributed by atoms with Crippen molar-refractivity contribution in [3.63, 3.8) is 0 Å². The molecule has 2 atom stereocenters. The molecular formula is C6H15BrSi2. The van der Waals surface area contributed by atoms with E-state index in [-0.39, 0.29) is 16.2 Å². The third-order valence-corrected chi connectivity index (χ3v) is 15.2. The second-order valence-corrected chi connectivity index (χ2v) is 13.7. The second kappa shape index (κ2) is 3.93. The average molecular weight is 223 g/mol. The minimum absolute atomic E-state index is 0.148. The van der Waals surface area contributed by atoms with Gasteiger partial charge in [-0.3, -0.25) is 0 Å². The zero-order valence-electron chi connectivity index (χ0n) is 6.07. The molecule has 1 saturated heterocycles. The molecule has 0 nitrogen and oxygen atoms in total. The highest BCUT2D eigenvalue weighted by Gasteiger charge is 2.20. The van der Waals surface area contributed by atoms with Crippen molar-refractivity contribution in [2.24, 2.45) is 0 Å². The van der Waals surface area contributed by atoms with Crippen molar-refractivity contribution in [3.05, 3.63) is 0 Å². The highest BCUT2D eigenvalue weighted by molar-refractivity contribution is 9.24. The monoisotopic (exact) mass is 222 g/mol. The fraction of sp³-hybridized carbons (Fsp3) is 1.00. The van der Waals surface area contributed by atoms with E-state index in [1.165, 1.54) is 0 Å². The van der Waals surface area contributed by atoms with Crippen molar-refractivity contribution in [1.82, 2.24) is 0 Å². The Hall–Kier alpha value is 0.914. The Labute approximate surface area is 68.8 Å². The van der Waals surface area contributed by atoms with Gasteiger partial charge in [-0.15, -0.1) is 15.3 Å². The maximum absolute atomic E-state index is 3.84. The summed E-state index contributed by atoms with van der Waals surface area (Å²) < 4.78 is 0. The van der Waals surface area contributed by atoms with Crippen LogP contribution in [0.2, 0.25) is 23.8 Å². The van der Waals surface area contributed by atoms with Gasteiger partial charge in [-0.05, 0) is 0 Å². The van der Waals surface area contributed by atoms with Crippen molar-refractivity contribution in [2.75, 3.05) is 0 Å². The largest absolute Gasteiger partial charge is 0.131 e. The highest BCUT2D eigenvalue weighted by Crippen LogP contribution is 2.24. The van der Waals surface area contributed by atoms with Crippen LogP contribution >= 0.6 is 15.3 Å². The lowest BCUT2D eigenvalue weighted by Crippen LogP contribution is -2.23. The Morgan fingerprint density at radius 2 is 2.22 bits per heavy atom. The van der Waals surface area contributed by atoms with Crippen LogP contribution in [-0.4, -0.2) is 16.2 Å². The van der Waals surface area contributed by atoms with Gasteiger partial charge in [0.25, 0.3) is 0 Å². The summed E-state index contributed by atoms with van der Waals surface area (Å²) in [5, 5.41) is 0. The van der Waals surface area contributed by atoms with Gasteiger partial charge in [0, 0.05) is 8.80 Å². The van der Waals surface area contributed by atoms with Crippen molar-refractivity contribution in [3.8, 4) is 0 Å². The van der Waals surface area contributed by atoms with E-state index in [0.717, 1.165) is 0 Å². The molecule has 0 amide bonds. The number of rotatable bonds is 1. The quantitative estimate of drug-likeness (QED) is 0.472. The third kappa shape index (κ3) is 2.55. The van der Waals surface area contributed by atoms with Crippen molar-refractivity contribution >= 4 is 31.5 Å². The molecule has 0 saturated carbocycles. The van der Waals surface area contributed by atoms with Crippen LogP contribution in [0.4, 0.5) is 0 Å². The van der Waals surface area contributed by atoms with Crippen molar-refractivity contribution < 1.29 is 0 Å². The Kier molecular flexibility index (Phi) is 3.50. The summed E-state index contributed by atoms with van der Waals surface area (Å²) in [4.78, 5) is 0. The Balaban J connectivity index is 2.23. The van der Waals surface area contributed by atoms with Crippen LogP contribution in [0.15, 0.2) is 0 Å². The van der Waals surface area contributed by atoms with E-state index in [9.17, 15) is 0 Å². The fourth-order valence-corrected chi connectivity index (χ4v) is 15.8. The molecule has 1 aliphatic heterocycles. The molecule has 0 aromatic carbocycles. The van der Waals surface area contributed by atoms with E-state index in [2.05, 4.69) is 22.2 Å². The van der Waals surface area contributed by atoms with E-state index in [1.54, 1.807) is 30.2 Å². The molecule has 0 radical (unpaired) electrons. The first-order valence-electron chi connectivity index (χ1n) is 3.97. The summed E-state index contributed by atoms with van der Waals surface area (Å²) in [5.41, 5.74) is 1.69. The molecule has 54 valence electrons. The second-order valence-electron chi connectivity index (χ2n) is 3.04. The SMILES string of the molecule is CC[SiH]1CCC[SiH](Br)C1. The van der Waals surface area contributed by atoms with Gasteiger partial charge in [-0.2, -0.15) is 0 Å². The molecule has 0 aliphatic carbocycles. The lowest BCUT2D eigenvalue weighted by Gasteiger charge is -2.21. The van der Waals surface area contributed by atoms with Gasteiger partial charge in [0.05, 0.1) is 0 Å². The molecule has 0 aromatic rings. The standard InChI is InChI=1S/C6H15BrSi2/c1-2-8-4-3-5-9(7)6-8/h8-9H,2-6H2,1H3. The fourth-order valence-electron chi connectivity index (χ4n) is 1.60. The molecule has 1 aliphatic rings. The lowest BCUT2D eigenvalue weighted by atomic mass is 10.6. The summed E-state index contributed by atoms with van der Waals surface area (Å²) in [6.45, 7) is 2.39. The Bertz CT molecular complexity index is 87.1. The maximum atomic E-state index is 3.84. The minimum atomic E-state index is -0.296. The van der Waals surface area contributed by atoms with Gasteiger partial charge in [0.15, 0.2) is 0 Å². The summed E-state index contributed by atoms with van der Waals surface area (Å²) >= 11 is 3.84. The first kappa shape index (κ1) is 8.01. The summed E-state index contributed by atoms with van der Waals surface area (Å²) in [7, 11) is -0.444. The van der Waals surface area contributed by atoms with Crippen LogP contribution in [-0.2, 0) is 0 Å². The molecule has 0 N–H and O–H groups in total.